The van der Waals surface area contributed by atoms with Crippen LogP contribution in [0.25, 0.3) is 10.9 Å². The number of hydrogen-bond acceptors (Lipinski definition) is 6. The first-order valence-corrected chi connectivity index (χ1v) is 9.29. The van der Waals surface area contributed by atoms with Crippen LogP contribution in [0.3, 0.4) is 0 Å². The summed E-state index contributed by atoms with van der Waals surface area (Å²) in [4.78, 5) is 16.8. The standard InChI is InChI=1S/C16H15ClN4O3S/c1-10(17)25(23,24)13-4-2-3-12(8-13)20-21-9-19-15-6-5-11(18)7-14(15)16(21)22/h2-10,20H,18H2,1H3. The molecule has 0 saturated carbocycles. The Kier molecular flexibility index (Phi) is 4.40. The van der Waals surface area contributed by atoms with Gasteiger partial charge in [0, 0.05) is 5.69 Å². The Morgan fingerprint density at radius 3 is 2.72 bits per heavy atom. The number of sulfone groups is 1. The Labute approximate surface area is 148 Å². The van der Waals surface area contributed by atoms with Crippen LogP contribution in [0.1, 0.15) is 6.92 Å². The molecule has 1 atom stereocenters. The van der Waals surface area contributed by atoms with E-state index in [-0.39, 0.29) is 10.5 Å². The zero-order chi connectivity index (χ0) is 18.2. The Balaban J connectivity index is 2.03. The molecule has 1 unspecified atom stereocenters. The van der Waals surface area contributed by atoms with Crippen molar-refractivity contribution in [1.29, 1.82) is 0 Å². The first-order chi connectivity index (χ1) is 11.8. The molecule has 0 amide bonds. The van der Waals surface area contributed by atoms with E-state index in [2.05, 4.69) is 10.4 Å². The Morgan fingerprint density at radius 2 is 2.00 bits per heavy atom. The van der Waals surface area contributed by atoms with Gasteiger partial charge in [0.15, 0.2) is 9.84 Å². The fourth-order valence-electron chi connectivity index (χ4n) is 2.29. The summed E-state index contributed by atoms with van der Waals surface area (Å²) in [6, 6.07) is 10.9. The molecule has 7 nitrogen and oxygen atoms in total. The fourth-order valence-corrected chi connectivity index (χ4v) is 3.53. The molecule has 1 aromatic heterocycles. The average molecular weight is 379 g/mol. The van der Waals surface area contributed by atoms with Crippen LogP contribution in [0.4, 0.5) is 11.4 Å². The van der Waals surface area contributed by atoms with Crippen molar-refractivity contribution in [3.05, 3.63) is 59.1 Å². The minimum Gasteiger partial charge on any atom is -0.399 e. The second kappa shape index (κ2) is 6.38. The van der Waals surface area contributed by atoms with E-state index < -0.39 is 14.5 Å². The van der Waals surface area contributed by atoms with E-state index in [1.165, 1.54) is 25.4 Å². The summed E-state index contributed by atoms with van der Waals surface area (Å²) in [7, 11) is -3.64. The Morgan fingerprint density at radius 1 is 1.24 bits per heavy atom. The van der Waals surface area contributed by atoms with Crippen molar-refractivity contribution in [2.75, 3.05) is 11.2 Å². The molecule has 0 aliphatic rings. The Hall–Kier alpha value is -2.58. The highest BCUT2D eigenvalue weighted by Crippen LogP contribution is 2.21. The zero-order valence-electron chi connectivity index (χ0n) is 13.2. The van der Waals surface area contributed by atoms with E-state index >= 15 is 0 Å². The van der Waals surface area contributed by atoms with Gasteiger partial charge in [0.1, 0.15) is 11.0 Å². The molecule has 0 bridgehead atoms. The van der Waals surface area contributed by atoms with E-state index in [9.17, 15) is 13.2 Å². The number of nitrogens with zero attached hydrogens (tertiary/aromatic N) is 2. The van der Waals surface area contributed by atoms with Crippen LogP contribution in [0.5, 0.6) is 0 Å². The van der Waals surface area contributed by atoms with Gasteiger partial charge in [-0.25, -0.2) is 18.1 Å². The molecule has 3 rings (SSSR count). The summed E-state index contributed by atoms with van der Waals surface area (Å²) in [5.74, 6) is 0. The number of fused-ring (bicyclic) bond motifs is 1. The molecule has 0 spiro atoms. The lowest BCUT2D eigenvalue weighted by Crippen LogP contribution is -2.26. The van der Waals surface area contributed by atoms with Crippen molar-refractivity contribution >= 4 is 43.7 Å². The molecule has 0 aliphatic heterocycles. The lowest BCUT2D eigenvalue weighted by molar-refractivity contribution is 0.594. The quantitative estimate of drug-likeness (QED) is 0.532. The third-order valence-electron chi connectivity index (χ3n) is 3.62. The van der Waals surface area contributed by atoms with Crippen LogP contribution in [0.15, 0.2) is 58.5 Å². The molecular formula is C16H15ClN4O3S. The zero-order valence-corrected chi connectivity index (χ0v) is 14.8. The van der Waals surface area contributed by atoms with Gasteiger partial charge in [-0.3, -0.25) is 10.2 Å². The van der Waals surface area contributed by atoms with Crippen LogP contribution in [0.2, 0.25) is 0 Å². The number of aromatic nitrogens is 2. The molecule has 25 heavy (non-hydrogen) atoms. The molecule has 3 aromatic rings. The topological polar surface area (TPSA) is 107 Å². The van der Waals surface area contributed by atoms with E-state index in [1.54, 1.807) is 30.3 Å². The maximum atomic E-state index is 12.5. The third-order valence-corrected chi connectivity index (χ3v) is 6.09. The van der Waals surface area contributed by atoms with E-state index in [0.717, 1.165) is 4.68 Å². The number of nitrogens with one attached hydrogen (secondary N) is 1. The highest BCUT2D eigenvalue weighted by Gasteiger charge is 2.21. The fraction of sp³-hybridized carbons (Fsp3) is 0.125. The van der Waals surface area contributed by atoms with Crippen LogP contribution in [0, 0.1) is 0 Å². The van der Waals surface area contributed by atoms with Crippen molar-refractivity contribution in [3.8, 4) is 0 Å². The molecule has 0 fully saturated rings. The maximum Gasteiger partial charge on any atom is 0.280 e. The average Bonchev–Trinajstić information content (AvgIpc) is 2.58. The monoisotopic (exact) mass is 378 g/mol. The van der Waals surface area contributed by atoms with E-state index in [4.69, 9.17) is 17.3 Å². The van der Waals surface area contributed by atoms with Gasteiger partial charge in [-0.2, -0.15) is 0 Å². The third kappa shape index (κ3) is 3.31. The number of hydrogen-bond donors (Lipinski definition) is 2. The van der Waals surface area contributed by atoms with Crippen LogP contribution >= 0.6 is 11.6 Å². The smallest absolute Gasteiger partial charge is 0.280 e. The van der Waals surface area contributed by atoms with Crippen LogP contribution in [-0.2, 0) is 9.84 Å². The second-order valence-electron chi connectivity index (χ2n) is 5.42. The van der Waals surface area contributed by atoms with Gasteiger partial charge in [-0.15, -0.1) is 11.6 Å². The van der Waals surface area contributed by atoms with E-state index in [1.807, 2.05) is 0 Å². The lowest BCUT2D eigenvalue weighted by atomic mass is 10.2. The summed E-state index contributed by atoms with van der Waals surface area (Å²) < 4.78 is 24.4. The van der Waals surface area contributed by atoms with Crippen molar-refractivity contribution in [1.82, 2.24) is 9.66 Å². The molecule has 3 N–H and O–H groups in total. The normalized spacial score (nSPS) is 12.9. The number of nitrogen functional groups attached to an aromatic ring is 1. The predicted octanol–water partition coefficient (Wildman–Crippen LogP) is 2.21. The molecular weight excluding hydrogens is 364 g/mol. The van der Waals surface area contributed by atoms with Crippen molar-refractivity contribution in [3.63, 3.8) is 0 Å². The number of halogens is 1. The number of anilines is 2. The predicted molar refractivity (Wildman–Crippen MR) is 98.4 cm³/mol. The van der Waals surface area contributed by atoms with Crippen LogP contribution in [-0.4, -0.2) is 22.8 Å². The Bertz CT molecular complexity index is 1110. The van der Waals surface area contributed by atoms with Crippen molar-refractivity contribution in [2.45, 2.75) is 16.5 Å². The number of rotatable bonds is 4. The number of nitrogens with two attached hydrogens (primary N) is 1. The van der Waals surface area contributed by atoms with Gasteiger partial charge >= 0.3 is 0 Å². The minimum absolute atomic E-state index is 0.0611. The molecule has 1 heterocycles. The van der Waals surface area contributed by atoms with Gasteiger partial charge < -0.3 is 5.73 Å². The van der Waals surface area contributed by atoms with Crippen molar-refractivity contribution < 1.29 is 8.42 Å². The van der Waals surface area contributed by atoms with Gasteiger partial charge in [-0.1, -0.05) is 6.07 Å². The maximum absolute atomic E-state index is 12.5. The van der Waals surface area contributed by atoms with Gasteiger partial charge in [0.05, 0.1) is 21.5 Å². The summed E-state index contributed by atoms with van der Waals surface area (Å²) >= 11 is 5.74. The SMILES string of the molecule is CC(Cl)S(=O)(=O)c1cccc(Nn2cnc3ccc(N)cc3c2=O)c1. The first kappa shape index (κ1) is 17.2. The van der Waals surface area contributed by atoms with Gasteiger partial charge in [0.25, 0.3) is 5.56 Å². The number of benzene rings is 2. The van der Waals surface area contributed by atoms with Gasteiger partial charge in [0.2, 0.25) is 0 Å². The highest BCUT2D eigenvalue weighted by atomic mass is 35.5. The first-order valence-electron chi connectivity index (χ1n) is 7.31. The van der Waals surface area contributed by atoms with Gasteiger partial charge in [-0.05, 0) is 43.3 Å². The molecule has 130 valence electrons. The van der Waals surface area contributed by atoms with E-state index in [0.29, 0.717) is 22.3 Å². The summed E-state index contributed by atoms with van der Waals surface area (Å²) in [5, 5.41) is 0.355. The summed E-state index contributed by atoms with van der Waals surface area (Å²) in [6.45, 7) is 1.39. The summed E-state index contributed by atoms with van der Waals surface area (Å²) in [6.07, 6.45) is 1.33. The summed E-state index contributed by atoms with van der Waals surface area (Å²) in [5.41, 5.74) is 9.57. The molecule has 9 heteroatoms. The minimum atomic E-state index is -3.64. The lowest BCUT2D eigenvalue weighted by Gasteiger charge is -2.12. The molecule has 0 aliphatic carbocycles. The molecule has 0 saturated heterocycles. The highest BCUT2D eigenvalue weighted by molar-refractivity contribution is 7.93. The molecule has 0 radical (unpaired) electrons. The second-order valence-corrected chi connectivity index (χ2v) is 8.61. The largest absolute Gasteiger partial charge is 0.399 e. The van der Waals surface area contributed by atoms with Crippen molar-refractivity contribution in [2.24, 2.45) is 0 Å². The number of alkyl halides is 1. The van der Waals surface area contributed by atoms with Crippen LogP contribution < -0.4 is 16.7 Å². The molecule has 2 aromatic carbocycles.